The number of nitriles is 1. The molecule has 2 rings (SSSR count). The Kier molecular flexibility index (Phi) is 4.72. The van der Waals surface area contributed by atoms with Crippen molar-refractivity contribution in [1.82, 2.24) is 0 Å². The first-order chi connectivity index (χ1) is 10.1. The lowest BCUT2D eigenvalue weighted by atomic mass is 10.0. The zero-order valence-electron chi connectivity index (χ0n) is 11.4. The van der Waals surface area contributed by atoms with Crippen LogP contribution in [0, 0.1) is 11.3 Å². The summed E-state index contributed by atoms with van der Waals surface area (Å²) in [7, 11) is 1.57. The molecule has 1 N–H and O–H groups in total. The summed E-state index contributed by atoms with van der Waals surface area (Å²) in [5.41, 5.74) is 1.13. The van der Waals surface area contributed by atoms with Gasteiger partial charge >= 0.3 is 0 Å². The summed E-state index contributed by atoms with van der Waals surface area (Å²) in [6.07, 6.45) is -2.55. The number of hydrogen-bond donors (Lipinski definition) is 1. The van der Waals surface area contributed by atoms with Crippen LogP contribution in [-0.2, 0) is 0 Å². The van der Waals surface area contributed by atoms with Crippen LogP contribution in [0.15, 0.2) is 48.5 Å². The number of rotatable bonds is 5. The molecule has 2 aromatic rings. The summed E-state index contributed by atoms with van der Waals surface area (Å²) in [4.78, 5) is 0. The molecule has 0 amide bonds. The number of ether oxygens (including phenoxy) is 1. The quantitative estimate of drug-likeness (QED) is 0.891. The average molecular weight is 288 g/mol. The molecule has 0 aliphatic carbocycles. The van der Waals surface area contributed by atoms with Crippen molar-refractivity contribution in [2.24, 2.45) is 0 Å². The van der Waals surface area contributed by atoms with Gasteiger partial charge in [-0.15, -0.1) is 0 Å². The molecule has 0 aromatic heterocycles. The van der Waals surface area contributed by atoms with E-state index in [4.69, 9.17) is 4.74 Å². The SMILES string of the molecule is COc1ccc(NC(C#N)c2cccc(C(F)F)c2)cc1. The lowest BCUT2D eigenvalue weighted by molar-refractivity contribution is 0.151. The second-order valence-corrected chi connectivity index (χ2v) is 4.41. The highest BCUT2D eigenvalue weighted by atomic mass is 19.3. The topological polar surface area (TPSA) is 45.0 Å². The number of halogens is 2. The predicted octanol–water partition coefficient (Wildman–Crippen LogP) is 4.31. The Bertz CT molecular complexity index is 635. The van der Waals surface area contributed by atoms with Gasteiger partial charge in [-0.05, 0) is 35.9 Å². The van der Waals surface area contributed by atoms with Crippen LogP contribution in [0.1, 0.15) is 23.6 Å². The van der Waals surface area contributed by atoms with Crippen LogP contribution in [0.5, 0.6) is 5.75 Å². The molecule has 0 spiro atoms. The largest absolute Gasteiger partial charge is 0.497 e. The van der Waals surface area contributed by atoms with Gasteiger partial charge in [-0.1, -0.05) is 18.2 Å². The molecule has 2 aromatic carbocycles. The van der Waals surface area contributed by atoms with Crippen LogP contribution >= 0.6 is 0 Å². The second-order valence-electron chi connectivity index (χ2n) is 4.41. The lowest BCUT2D eigenvalue weighted by Gasteiger charge is -2.14. The number of nitrogens with zero attached hydrogens (tertiary/aromatic N) is 1. The van der Waals surface area contributed by atoms with Crippen LogP contribution in [0.4, 0.5) is 14.5 Å². The molecule has 1 unspecified atom stereocenters. The zero-order valence-corrected chi connectivity index (χ0v) is 11.4. The van der Waals surface area contributed by atoms with E-state index in [-0.39, 0.29) is 5.56 Å². The van der Waals surface area contributed by atoms with Crippen molar-refractivity contribution in [2.75, 3.05) is 12.4 Å². The Hall–Kier alpha value is -2.61. The number of alkyl halides is 2. The maximum atomic E-state index is 12.7. The minimum absolute atomic E-state index is 0.0933. The summed E-state index contributed by atoms with van der Waals surface area (Å²) < 4.78 is 30.5. The van der Waals surface area contributed by atoms with Crippen LogP contribution in [0.25, 0.3) is 0 Å². The van der Waals surface area contributed by atoms with Gasteiger partial charge in [0.2, 0.25) is 0 Å². The van der Waals surface area contributed by atoms with E-state index in [9.17, 15) is 14.0 Å². The third-order valence-corrected chi connectivity index (χ3v) is 3.03. The molecular weight excluding hydrogens is 274 g/mol. The first-order valence-corrected chi connectivity index (χ1v) is 6.32. The van der Waals surface area contributed by atoms with E-state index in [0.29, 0.717) is 17.0 Å². The lowest BCUT2D eigenvalue weighted by Crippen LogP contribution is -2.08. The molecule has 21 heavy (non-hydrogen) atoms. The monoisotopic (exact) mass is 288 g/mol. The fourth-order valence-corrected chi connectivity index (χ4v) is 1.92. The van der Waals surface area contributed by atoms with Crippen molar-refractivity contribution >= 4 is 5.69 Å². The third kappa shape index (κ3) is 3.69. The molecule has 0 radical (unpaired) electrons. The van der Waals surface area contributed by atoms with Gasteiger partial charge in [0, 0.05) is 11.3 Å². The van der Waals surface area contributed by atoms with Crippen LogP contribution in [-0.4, -0.2) is 7.11 Å². The highest BCUT2D eigenvalue weighted by molar-refractivity contribution is 5.50. The highest BCUT2D eigenvalue weighted by Crippen LogP contribution is 2.25. The van der Waals surface area contributed by atoms with Crippen LogP contribution in [0.3, 0.4) is 0 Å². The van der Waals surface area contributed by atoms with Gasteiger partial charge in [0.15, 0.2) is 0 Å². The van der Waals surface area contributed by atoms with Crippen molar-refractivity contribution in [3.8, 4) is 11.8 Å². The molecule has 0 saturated heterocycles. The van der Waals surface area contributed by atoms with Crippen LogP contribution < -0.4 is 10.1 Å². The molecule has 0 aliphatic heterocycles. The van der Waals surface area contributed by atoms with E-state index < -0.39 is 12.5 Å². The normalized spacial score (nSPS) is 11.8. The first-order valence-electron chi connectivity index (χ1n) is 6.32. The van der Waals surface area contributed by atoms with Gasteiger partial charge in [0.1, 0.15) is 11.8 Å². The number of anilines is 1. The molecule has 0 saturated carbocycles. The summed E-state index contributed by atoms with van der Waals surface area (Å²) in [6.45, 7) is 0. The molecule has 0 fully saturated rings. The van der Waals surface area contributed by atoms with Gasteiger partial charge in [0.05, 0.1) is 13.2 Å². The van der Waals surface area contributed by atoms with Crippen molar-refractivity contribution in [1.29, 1.82) is 5.26 Å². The van der Waals surface area contributed by atoms with Gasteiger partial charge in [-0.3, -0.25) is 0 Å². The molecule has 0 aliphatic rings. The Morgan fingerprint density at radius 2 is 1.76 bits per heavy atom. The number of methoxy groups -OCH3 is 1. The van der Waals surface area contributed by atoms with Gasteiger partial charge in [-0.25, -0.2) is 8.78 Å². The number of nitrogens with one attached hydrogen (secondary N) is 1. The fourth-order valence-electron chi connectivity index (χ4n) is 1.92. The van der Waals surface area contributed by atoms with Crippen molar-refractivity contribution in [3.63, 3.8) is 0 Å². The van der Waals surface area contributed by atoms with Crippen LogP contribution in [0.2, 0.25) is 0 Å². The number of hydrogen-bond acceptors (Lipinski definition) is 3. The summed E-state index contributed by atoms with van der Waals surface area (Å²) in [5, 5.41) is 12.2. The Balaban J connectivity index is 2.19. The maximum Gasteiger partial charge on any atom is 0.263 e. The van der Waals surface area contributed by atoms with E-state index in [2.05, 4.69) is 11.4 Å². The summed E-state index contributed by atoms with van der Waals surface area (Å²) in [6, 6.07) is 14.3. The van der Waals surface area contributed by atoms with Crippen molar-refractivity contribution in [2.45, 2.75) is 12.5 Å². The summed E-state index contributed by atoms with van der Waals surface area (Å²) in [5.74, 6) is 0.703. The molecule has 3 nitrogen and oxygen atoms in total. The smallest absolute Gasteiger partial charge is 0.263 e. The Morgan fingerprint density at radius 1 is 1.10 bits per heavy atom. The molecule has 1 atom stereocenters. The van der Waals surface area contributed by atoms with E-state index in [1.165, 1.54) is 18.2 Å². The first kappa shape index (κ1) is 14.8. The minimum Gasteiger partial charge on any atom is -0.497 e. The standard InChI is InChI=1S/C16H14F2N2O/c1-21-14-7-5-13(6-8-14)20-15(10-19)11-3-2-4-12(9-11)16(17)18/h2-9,15-16,20H,1H3. The average Bonchev–Trinajstić information content (AvgIpc) is 2.53. The number of benzene rings is 2. The second kappa shape index (κ2) is 6.71. The molecule has 0 bridgehead atoms. The van der Waals surface area contributed by atoms with Gasteiger partial charge in [0.25, 0.3) is 6.43 Å². The van der Waals surface area contributed by atoms with E-state index in [0.717, 1.165) is 0 Å². The van der Waals surface area contributed by atoms with Crippen molar-refractivity contribution < 1.29 is 13.5 Å². The predicted molar refractivity (Wildman–Crippen MR) is 76.4 cm³/mol. The fraction of sp³-hybridized carbons (Fsp3) is 0.188. The van der Waals surface area contributed by atoms with Crippen molar-refractivity contribution in [3.05, 3.63) is 59.7 Å². The molecule has 0 heterocycles. The molecule has 5 heteroatoms. The van der Waals surface area contributed by atoms with E-state index in [1.54, 1.807) is 37.4 Å². The molecular formula is C16H14F2N2O. The third-order valence-electron chi connectivity index (χ3n) is 3.03. The highest BCUT2D eigenvalue weighted by Gasteiger charge is 2.14. The Labute approximate surface area is 121 Å². The van der Waals surface area contributed by atoms with Gasteiger partial charge < -0.3 is 10.1 Å². The minimum atomic E-state index is -2.55. The van der Waals surface area contributed by atoms with E-state index in [1.807, 2.05) is 0 Å². The molecule has 108 valence electrons. The maximum absolute atomic E-state index is 12.7. The van der Waals surface area contributed by atoms with Gasteiger partial charge in [-0.2, -0.15) is 5.26 Å². The summed E-state index contributed by atoms with van der Waals surface area (Å²) >= 11 is 0. The zero-order chi connectivity index (χ0) is 15.2. The Morgan fingerprint density at radius 3 is 2.33 bits per heavy atom. The van der Waals surface area contributed by atoms with E-state index >= 15 is 0 Å².